The van der Waals surface area contributed by atoms with Gasteiger partial charge in [0.15, 0.2) is 0 Å². The van der Waals surface area contributed by atoms with Gasteiger partial charge in [0.25, 0.3) is 0 Å². The number of nitrogens with zero attached hydrogens (tertiary/aromatic N) is 1. The molecule has 4 heteroatoms. The zero-order chi connectivity index (χ0) is 15.1. The third kappa shape index (κ3) is 4.37. The van der Waals surface area contributed by atoms with Crippen LogP contribution in [0.15, 0.2) is 59.5 Å². The zero-order valence-electron chi connectivity index (χ0n) is 11.7. The number of carbonyl (C=O) groups is 1. The van der Waals surface area contributed by atoms with Gasteiger partial charge in [0.1, 0.15) is 5.92 Å². The van der Waals surface area contributed by atoms with Crippen molar-refractivity contribution < 1.29 is 4.79 Å². The van der Waals surface area contributed by atoms with Crippen LogP contribution >= 0.6 is 11.8 Å². The van der Waals surface area contributed by atoms with Crippen LogP contribution < -0.4 is 5.32 Å². The van der Waals surface area contributed by atoms with Gasteiger partial charge in [0.05, 0.1) is 6.07 Å². The van der Waals surface area contributed by atoms with Gasteiger partial charge in [-0.25, -0.2) is 0 Å². The molecule has 0 aliphatic carbocycles. The van der Waals surface area contributed by atoms with Gasteiger partial charge >= 0.3 is 0 Å². The smallest absolute Gasteiger partial charge is 0.242 e. The SMILES string of the molecule is CSc1cccc(NC(=O)C(C#N)Cc2ccccc2)c1. The van der Waals surface area contributed by atoms with E-state index >= 15 is 0 Å². The Morgan fingerprint density at radius 1 is 1.24 bits per heavy atom. The summed E-state index contributed by atoms with van der Waals surface area (Å²) in [5, 5.41) is 12.0. The molecule has 0 radical (unpaired) electrons. The maximum absolute atomic E-state index is 12.2. The topological polar surface area (TPSA) is 52.9 Å². The molecule has 3 nitrogen and oxygen atoms in total. The van der Waals surface area contributed by atoms with Crippen LogP contribution in [0, 0.1) is 17.2 Å². The van der Waals surface area contributed by atoms with Gasteiger partial charge in [-0.2, -0.15) is 5.26 Å². The molecule has 0 spiro atoms. The Morgan fingerprint density at radius 3 is 2.67 bits per heavy atom. The van der Waals surface area contributed by atoms with Gasteiger partial charge in [-0.3, -0.25) is 4.79 Å². The van der Waals surface area contributed by atoms with Gasteiger partial charge in [-0.05, 0) is 36.4 Å². The van der Waals surface area contributed by atoms with Gasteiger partial charge in [0.2, 0.25) is 5.91 Å². The quantitative estimate of drug-likeness (QED) is 0.855. The second-order valence-corrected chi connectivity index (χ2v) is 5.47. The number of thioether (sulfide) groups is 1. The van der Waals surface area contributed by atoms with Gasteiger partial charge in [0, 0.05) is 10.6 Å². The van der Waals surface area contributed by atoms with Crippen LogP contribution in [-0.4, -0.2) is 12.2 Å². The van der Waals surface area contributed by atoms with E-state index in [9.17, 15) is 10.1 Å². The number of benzene rings is 2. The molecule has 2 aromatic carbocycles. The Kier molecular flexibility index (Phi) is 5.42. The van der Waals surface area contributed by atoms with E-state index in [0.29, 0.717) is 6.42 Å². The number of hydrogen-bond acceptors (Lipinski definition) is 3. The lowest BCUT2D eigenvalue weighted by atomic mass is 10.00. The fourth-order valence-electron chi connectivity index (χ4n) is 1.98. The fraction of sp³-hybridized carbons (Fsp3) is 0.176. The van der Waals surface area contributed by atoms with Crippen LogP contribution in [0.3, 0.4) is 0 Å². The molecule has 1 N–H and O–H groups in total. The van der Waals surface area contributed by atoms with Crippen molar-refractivity contribution in [2.45, 2.75) is 11.3 Å². The third-order valence-corrected chi connectivity index (χ3v) is 3.82. The summed E-state index contributed by atoms with van der Waals surface area (Å²) >= 11 is 1.61. The minimum Gasteiger partial charge on any atom is -0.325 e. The van der Waals surface area contributed by atoms with Crippen molar-refractivity contribution in [3.8, 4) is 6.07 Å². The summed E-state index contributed by atoms with van der Waals surface area (Å²) in [7, 11) is 0. The number of hydrogen-bond donors (Lipinski definition) is 1. The number of rotatable bonds is 5. The van der Waals surface area contributed by atoms with Crippen LogP contribution in [0.5, 0.6) is 0 Å². The molecule has 0 aliphatic rings. The average molecular weight is 296 g/mol. The van der Waals surface area contributed by atoms with E-state index < -0.39 is 5.92 Å². The first kappa shape index (κ1) is 15.1. The standard InChI is InChI=1S/C17H16N2OS/c1-21-16-9-5-8-15(11-16)19-17(20)14(12-18)10-13-6-3-2-4-7-13/h2-9,11,14H,10H2,1H3,(H,19,20). The predicted molar refractivity (Wildman–Crippen MR) is 86.1 cm³/mol. The molecule has 0 saturated carbocycles. The lowest BCUT2D eigenvalue weighted by molar-refractivity contribution is -0.118. The summed E-state index contributed by atoms with van der Waals surface area (Å²) in [4.78, 5) is 13.3. The van der Waals surface area contributed by atoms with Crippen molar-refractivity contribution in [2.24, 2.45) is 5.92 Å². The summed E-state index contributed by atoms with van der Waals surface area (Å²) < 4.78 is 0. The number of nitrogens with one attached hydrogen (secondary N) is 1. The predicted octanol–water partition coefficient (Wildman–Crippen LogP) is 3.73. The summed E-state index contributed by atoms with van der Waals surface area (Å²) in [6, 6.07) is 19.3. The Balaban J connectivity index is 2.05. The molecule has 0 fully saturated rings. The molecular formula is C17H16N2OS. The second-order valence-electron chi connectivity index (χ2n) is 4.59. The van der Waals surface area contributed by atoms with E-state index in [1.54, 1.807) is 11.8 Å². The molecule has 2 aromatic rings. The minimum absolute atomic E-state index is 0.264. The van der Waals surface area contributed by atoms with E-state index in [1.807, 2.05) is 60.9 Å². The van der Waals surface area contributed by atoms with Crippen LogP contribution in [0.2, 0.25) is 0 Å². The highest BCUT2D eigenvalue weighted by atomic mass is 32.2. The fourth-order valence-corrected chi connectivity index (χ4v) is 2.44. The highest BCUT2D eigenvalue weighted by Gasteiger charge is 2.18. The molecule has 1 atom stereocenters. The van der Waals surface area contributed by atoms with E-state index in [-0.39, 0.29) is 5.91 Å². The van der Waals surface area contributed by atoms with Gasteiger partial charge in [-0.1, -0.05) is 36.4 Å². The van der Waals surface area contributed by atoms with Gasteiger partial charge in [-0.15, -0.1) is 11.8 Å². The lowest BCUT2D eigenvalue weighted by Crippen LogP contribution is -2.23. The Morgan fingerprint density at radius 2 is 2.00 bits per heavy atom. The maximum Gasteiger partial charge on any atom is 0.242 e. The zero-order valence-corrected chi connectivity index (χ0v) is 12.6. The van der Waals surface area contributed by atoms with Crippen molar-refractivity contribution in [3.05, 3.63) is 60.2 Å². The molecule has 0 bridgehead atoms. The molecule has 106 valence electrons. The Labute approximate surface area is 129 Å². The number of nitriles is 1. The maximum atomic E-state index is 12.2. The van der Waals surface area contributed by atoms with Crippen LogP contribution in [-0.2, 0) is 11.2 Å². The monoisotopic (exact) mass is 296 g/mol. The average Bonchev–Trinajstić information content (AvgIpc) is 2.53. The first-order valence-electron chi connectivity index (χ1n) is 6.61. The summed E-state index contributed by atoms with van der Waals surface area (Å²) in [5.41, 5.74) is 1.71. The van der Waals surface area contributed by atoms with Crippen LogP contribution in [0.25, 0.3) is 0 Å². The second kappa shape index (κ2) is 7.51. The summed E-state index contributed by atoms with van der Waals surface area (Å²) in [6.45, 7) is 0. The van der Waals surface area contributed by atoms with Crippen molar-refractivity contribution >= 4 is 23.4 Å². The van der Waals surface area contributed by atoms with Crippen LogP contribution in [0.4, 0.5) is 5.69 Å². The molecule has 0 aromatic heterocycles. The first-order valence-corrected chi connectivity index (χ1v) is 7.84. The number of carbonyl (C=O) groups excluding carboxylic acids is 1. The Bertz CT molecular complexity index is 649. The molecule has 21 heavy (non-hydrogen) atoms. The first-order chi connectivity index (χ1) is 10.2. The van der Waals surface area contributed by atoms with E-state index in [1.165, 1.54) is 0 Å². The van der Waals surface area contributed by atoms with Crippen molar-refractivity contribution in [2.75, 3.05) is 11.6 Å². The molecule has 1 amide bonds. The van der Waals surface area contributed by atoms with E-state index in [4.69, 9.17) is 0 Å². The normalized spacial score (nSPS) is 11.4. The minimum atomic E-state index is -0.690. The lowest BCUT2D eigenvalue weighted by Gasteiger charge is -2.11. The third-order valence-electron chi connectivity index (χ3n) is 3.09. The number of amides is 1. The molecule has 1 unspecified atom stereocenters. The van der Waals surface area contributed by atoms with Gasteiger partial charge < -0.3 is 5.32 Å². The summed E-state index contributed by atoms with van der Waals surface area (Å²) in [6.07, 6.45) is 2.40. The van der Waals surface area contributed by atoms with E-state index in [0.717, 1.165) is 16.1 Å². The largest absolute Gasteiger partial charge is 0.325 e. The van der Waals surface area contributed by atoms with E-state index in [2.05, 4.69) is 11.4 Å². The highest BCUT2D eigenvalue weighted by Crippen LogP contribution is 2.20. The Hall–Kier alpha value is -2.25. The molecule has 0 saturated heterocycles. The summed E-state index contributed by atoms with van der Waals surface area (Å²) in [5.74, 6) is -0.954. The highest BCUT2D eigenvalue weighted by molar-refractivity contribution is 7.98. The van der Waals surface area contributed by atoms with Crippen LogP contribution in [0.1, 0.15) is 5.56 Å². The van der Waals surface area contributed by atoms with Crippen molar-refractivity contribution in [1.82, 2.24) is 0 Å². The van der Waals surface area contributed by atoms with Crippen molar-refractivity contribution in [1.29, 1.82) is 5.26 Å². The molecule has 2 rings (SSSR count). The molecular weight excluding hydrogens is 280 g/mol. The number of anilines is 1. The molecule has 0 heterocycles. The molecule has 0 aliphatic heterocycles. The van der Waals surface area contributed by atoms with Crippen molar-refractivity contribution in [3.63, 3.8) is 0 Å².